The van der Waals surface area contributed by atoms with Crippen LogP contribution in [0.25, 0.3) is 0 Å². The van der Waals surface area contributed by atoms with E-state index < -0.39 is 0 Å². The van der Waals surface area contributed by atoms with E-state index >= 15 is 0 Å². The molecular weight excluding hydrogens is 218 g/mol. The third kappa shape index (κ3) is 2.34. The zero-order valence-corrected chi connectivity index (χ0v) is 8.37. The molecule has 0 atom stereocenters. The summed E-state index contributed by atoms with van der Waals surface area (Å²) >= 11 is 3.32. The summed E-state index contributed by atoms with van der Waals surface area (Å²) in [6.45, 7) is 2.68. The Labute approximate surface area is 80.1 Å². The number of benzene rings is 1. The van der Waals surface area contributed by atoms with E-state index in [1.54, 1.807) is 18.3 Å². The summed E-state index contributed by atoms with van der Waals surface area (Å²) in [4.78, 5) is 4.04. The van der Waals surface area contributed by atoms with Crippen LogP contribution in [-0.2, 0) is 0 Å². The number of aromatic hydroxyl groups is 1. The third-order valence-electron chi connectivity index (χ3n) is 1.40. The first-order valence-corrected chi connectivity index (χ1v) is 4.51. The van der Waals surface area contributed by atoms with E-state index in [-0.39, 0.29) is 5.75 Å². The fourth-order valence-corrected chi connectivity index (χ4v) is 1.20. The van der Waals surface area contributed by atoms with Crippen molar-refractivity contribution in [1.82, 2.24) is 0 Å². The number of aliphatic imine (C=N–C) groups is 1. The van der Waals surface area contributed by atoms with E-state index in [9.17, 15) is 5.11 Å². The van der Waals surface area contributed by atoms with Crippen LogP contribution in [0, 0.1) is 0 Å². The zero-order chi connectivity index (χ0) is 8.97. The van der Waals surface area contributed by atoms with Crippen LogP contribution in [-0.4, -0.2) is 17.9 Å². The lowest BCUT2D eigenvalue weighted by Crippen LogP contribution is -1.83. The summed E-state index contributed by atoms with van der Waals surface area (Å²) in [5.74, 6) is 0.260. The highest BCUT2D eigenvalue weighted by Gasteiger charge is 1.97. The third-order valence-corrected chi connectivity index (χ3v) is 1.90. The first-order valence-electron chi connectivity index (χ1n) is 3.72. The average Bonchev–Trinajstić information content (AvgIpc) is 2.07. The van der Waals surface area contributed by atoms with Gasteiger partial charge >= 0.3 is 0 Å². The van der Waals surface area contributed by atoms with Crippen LogP contribution in [0.4, 0.5) is 0 Å². The van der Waals surface area contributed by atoms with Gasteiger partial charge in [-0.3, -0.25) is 4.99 Å². The van der Waals surface area contributed by atoms with Crippen LogP contribution in [0.5, 0.6) is 5.75 Å². The maximum absolute atomic E-state index is 9.35. The standard InChI is InChI=1S/C9H10BrNO/c1-2-11-6-7-5-8(10)3-4-9(7)12/h3-6,12H,2H2,1H3. The maximum Gasteiger partial charge on any atom is 0.124 e. The minimum Gasteiger partial charge on any atom is -0.507 e. The van der Waals surface area contributed by atoms with Gasteiger partial charge in [-0.15, -0.1) is 0 Å². The lowest BCUT2D eigenvalue weighted by atomic mass is 10.2. The number of phenols is 1. The molecule has 1 aromatic rings. The summed E-state index contributed by atoms with van der Waals surface area (Å²) in [6, 6.07) is 5.26. The van der Waals surface area contributed by atoms with Crippen LogP contribution in [0.15, 0.2) is 27.7 Å². The van der Waals surface area contributed by atoms with Gasteiger partial charge < -0.3 is 5.11 Å². The van der Waals surface area contributed by atoms with Crippen molar-refractivity contribution in [1.29, 1.82) is 0 Å². The van der Waals surface area contributed by atoms with Crippen molar-refractivity contribution in [3.8, 4) is 5.75 Å². The monoisotopic (exact) mass is 227 g/mol. The normalized spacial score (nSPS) is 10.8. The van der Waals surface area contributed by atoms with E-state index in [1.807, 2.05) is 13.0 Å². The van der Waals surface area contributed by atoms with Crippen molar-refractivity contribution in [2.75, 3.05) is 6.54 Å². The summed E-state index contributed by atoms with van der Waals surface area (Å²) in [6.07, 6.45) is 1.67. The minimum atomic E-state index is 0.260. The number of rotatable bonds is 2. The van der Waals surface area contributed by atoms with Crippen molar-refractivity contribution in [3.05, 3.63) is 28.2 Å². The average molecular weight is 228 g/mol. The van der Waals surface area contributed by atoms with E-state index in [4.69, 9.17) is 0 Å². The molecule has 0 heterocycles. The van der Waals surface area contributed by atoms with Crippen LogP contribution in [0.2, 0.25) is 0 Å². The Balaban J connectivity index is 2.97. The predicted molar refractivity (Wildman–Crippen MR) is 53.9 cm³/mol. The Hall–Kier alpha value is -0.830. The molecule has 0 unspecified atom stereocenters. The Kier molecular flexibility index (Phi) is 3.29. The largest absolute Gasteiger partial charge is 0.507 e. The van der Waals surface area contributed by atoms with Crippen molar-refractivity contribution < 1.29 is 5.11 Å². The Bertz CT molecular complexity index is 297. The van der Waals surface area contributed by atoms with Gasteiger partial charge in [0.15, 0.2) is 0 Å². The topological polar surface area (TPSA) is 32.6 Å². The Morgan fingerprint density at radius 1 is 1.58 bits per heavy atom. The molecule has 0 saturated heterocycles. The molecule has 2 nitrogen and oxygen atoms in total. The van der Waals surface area contributed by atoms with Gasteiger partial charge in [-0.2, -0.15) is 0 Å². The number of hydrogen-bond donors (Lipinski definition) is 1. The molecule has 0 saturated carbocycles. The lowest BCUT2D eigenvalue weighted by molar-refractivity contribution is 0.474. The highest BCUT2D eigenvalue weighted by molar-refractivity contribution is 9.10. The van der Waals surface area contributed by atoms with Crippen molar-refractivity contribution in [2.24, 2.45) is 4.99 Å². The van der Waals surface area contributed by atoms with Gasteiger partial charge in [-0.05, 0) is 25.1 Å². The maximum atomic E-state index is 9.35. The summed E-state index contributed by atoms with van der Waals surface area (Å²) in [5.41, 5.74) is 0.742. The van der Waals surface area contributed by atoms with Crippen LogP contribution in [0.3, 0.4) is 0 Å². The molecule has 0 spiro atoms. The second kappa shape index (κ2) is 4.26. The van der Waals surface area contributed by atoms with Crippen molar-refractivity contribution in [3.63, 3.8) is 0 Å². The van der Waals surface area contributed by atoms with E-state index in [2.05, 4.69) is 20.9 Å². The molecule has 0 radical (unpaired) electrons. The fraction of sp³-hybridized carbons (Fsp3) is 0.222. The zero-order valence-electron chi connectivity index (χ0n) is 6.79. The van der Waals surface area contributed by atoms with Gasteiger partial charge in [0, 0.05) is 22.8 Å². The van der Waals surface area contributed by atoms with E-state index in [0.29, 0.717) is 0 Å². The van der Waals surface area contributed by atoms with Crippen LogP contribution < -0.4 is 0 Å². The van der Waals surface area contributed by atoms with Gasteiger partial charge in [0.05, 0.1) is 0 Å². The van der Waals surface area contributed by atoms with Crippen LogP contribution in [0.1, 0.15) is 12.5 Å². The number of nitrogens with zero attached hydrogens (tertiary/aromatic N) is 1. The quantitative estimate of drug-likeness (QED) is 0.775. The first-order chi connectivity index (χ1) is 5.74. The van der Waals surface area contributed by atoms with Crippen molar-refractivity contribution >= 4 is 22.1 Å². The van der Waals surface area contributed by atoms with Gasteiger partial charge in [-0.1, -0.05) is 15.9 Å². The molecule has 0 bridgehead atoms. The van der Waals surface area contributed by atoms with Gasteiger partial charge in [0.1, 0.15) is 5.75 Å². The second-order valence-corrected chi connectivity index (χ2v) is 3.25. The second-order valence-electron chi connectivity index (χ2n) is 2.33. The number of halogens is 1. The number of phenolic OH excluding ortho intramolecular Hbond substituents is 1. The van der Waals surface area contributed by atoms with E-state index in [1.165, 1.54) is 0 Å². The van der Waals surface area contributed by atoms with Gasteiger partial charge in [0.2, 0.25) is 0 Å². The molecule has 0 aliphatic carbocycles. The van der Waals surface area contributed by atoms with Gasteiger partial charge in [0.25, 0.3) is 0 Å². The molecule has 0 aliphatic rings. The molecule has 0 aliphatic heterocycles. The predicted octanol–water partition coefficient (Wildman–Crippen LogP) is 2.59. The lowest BCUT2D eigenvalue weighted by Gasteiger charge is -1.97. The molecule has 0 fully saturated rings. The molecule has 3 heteroatoms. The summed E-state index contributed by atoms with van der Waals surface area (Å²) in [5, 5.41) is 9.35. The minimum absolute atomic E-state index is 0.260. The summed E-state index contributed by atoms with van der Waals surface area (Å²) in [7, 11) is 0. The fourth-order valence-electron chi connectivity index (χ4n) is 0.818. The highest BCUT2D eigenvalue weighted by atomic mass is 79.9. The van der Waals surface area contributed by atoms with Crippen LogP contribution >= 0.6 is 15.9 Å². The molecule has 12 heavy (non-hydrogen) atoms. The smallest absolute Gasteiger partial charge is 0.124 e. The Morgan fingerprint density at radius 3 is 3.00 bits per heavy atom. The van der Waals surface area contributed by atoms with Gasteiger partial charge in [-0.25, -0.2) is 0 Å². The highest BCUT2D eigenvalue weighted by Crippen LogP contribution is 2.19. The molecule has 1 aromatic carbocycles. The molecular formula is C9H10BrNO. The first kappa shape index (κ1) is 9.26. The molecule has 0 amide bonds. The molecule has 0 aromatic heterocycles. The summed E-state index contributed by atoms with van der Waals surface area (Å²) < 4.78 is 0.942. The Morgan fingerprint density at radius 2 is 2.33 bits per heavy atom. The molecule has 1 N–H and O–H groups in total. The number of hydrogen-bond acceptors (Lipinski definition) is 2. The SMILES string of the molecule is CCN=Cc1cc(Br)ccc1O. The van der Waals surface area contributed by atoms with E-state index in [0.717, 1.165) is 16.6 Å². The molecule has 1 rings (SSSR count). The van der Waals surface area contributed by atoms with Crippen molar-refractivity contribution in [2.45, 2.75) is 6.92 Å². The molecule has 64 valence electrons.